The molecule has 3 aromatic rings. The van der Waals surface area contributed by atoms with Crippen LogP contribution in [0.25, 0.3) is 11.2 Å². The SMILES string of the molecule is Nc1nc2ncc(CNc3ccc(C(=O)N[C@H](CO)CCC=O)cc3)nc2c(=O)[nH]1. The van der Waals surface area contributed by atoms with Crippen molar-refractivity contribution in [1.29, 1.82) is 0 Å². The number of fused-ring (bicyclic) bond motifs is 1. The fourth-order valence-corrected chi connectivity index (χ4v) is 2.74. The predicted octanol–water partition coefficient (Wildman–Crippen LogP) is -0.0228. The van der Waals surface area contributed by atoms with Crippen molar-refractivity contribution >= 4 is 35.0 Å². The summed E-state index contributed by atoms with van der Waals surface area (Å²) in [6.45, 7) is 0.0630. The molecule has 0 radical (unpaired) electrons. The molecular formula is C19H21N7O4. The van der Waals surface area contributed by atoms with Gasteiger partial charge in [0.2, 0.25) is 5.95 Å². The lowest BCUT2D eigenvalue weighted by molar-refractivity contribution is -0.108. The largest absolute Gasteiger partial charge is 0.394 e. The smallest absolute Gasteiger partial charge is 0.280 e. The van der Waals surface area contributed by atoms with Crippen LogP contribution >= 0.6 is 0 Å². The molecule has 11 heteroatoms. The number of nitrogens with two attached hydrogens (primary N) is 1. The van der Waals surface area contributed by atoms with Gasteiger partial charge in [-0.1, -0.05) is 0 Å². The van der Waals surface area contributed by atoms with E-state index in [-0.39, 0.29) is 36.0 Å². The van der Waals surface area contributed by atoms with E-state index in [1.165, 1.54) is 6.20 Å². The minimum Gasteiger partial charge on any atom is -0.394 e. The first-order chi connectivity index (χ1) is 14.5. The molecule has 1 atom stereocenters. The van der Waals surface area contributed by atoms with Crippen LogP contribution in [0.5, 0.6) is 0 Å². The third-order valence-corrected chi connectivity index (χ3v) is 4.30. The molecule has 11 nitrogen and oxygen atoms in total. The van der Waals surface area contributed by atoms with Crippen LogP contribution in [0.4, 0.5) is 11.6 Å². The number of hydrogen-bond acceptors (Lipinski definition) is 9. The number of nitrogens with zero attached hydrogens (tertiary/aromatic N) is 3. The number of rotatable bonds is 9. The fraction of sp³-hybridized carbons (Fsp3) is 0.263. The first-order valence-corrected chi connectivity index (χ1v) is 9.21. The molecule has 156 valence electrons. The van der Waals surface area contributed by atoms with Gasteiger partial charge >= 0.3 is 0 Å². The first kappa shape index (κ1) is 20.9. The lowest BCUT2D eigenvalue weighted by Gasteiger charge is -2.15. The van der Waals surface area contributed by atoms with Gasteiger partial charge in [-0.2, -0.15) is 4.98 Å². The zero-order chi connectivity index (χ0) is 21.5. The van der Waals surface area contributed by atoms with Gasteiger partial charge in [-0.15, -0.1) is 0 Å². The molecule has 0 fully saturated rings. The number of aliphatic hydroxyl groups excluding tert-OH is 1. The summed E-state index contributed by atoms with van der Waals surface area (Å²) >= 11 is 0. The highest BCUT2D eigenvalue weighted by molar-refractivity contribution is 5.94. The molecule has 3 rings (SSSR count). The van der Waals surface area contributed by atoms with E-state index in [0.717, 1.165) is 12.0 Å². The third kappa shape index (κ3) is 5.14. The highest BCUT2D eigenvalue weighted by Gasteiger charge is 2.13. The number of aromatic amines is 1. The van der Waals surface area contributed by atoms with Crippen LogP contribution in [0.3, 0.4) is 0 Å². The number of nitrogens with one attached hydrogen (secondary N) is 3. The molecule has 0 bridgehead atoms. The molecule has 1 amide bonds. The van der Waals surface area contributed by atoms with Crippen molar-refractivity contribution in [2.24, 2.45) is 0 Å². The number of aldehydes is 1. The molecule has 2 heterocycles. The minimum absolute atomic E-state index is 0.0224. The van der Waals surface area contributed by atoms with E-state index < -0.39 is 11.6 Å². The Bertz CT molecular complexity index is 1100. The molecule has 0 saturated heterocycles. The normalized spacial score (nSPS) is 11.8. The summed E-state index contributed by atoms with van der Waals surface area (Å²) in [5.74, 6) is -0.358. The number of carbonyl (C=O) groups excluding carboxylic acids is 2. The number of aliphatic hydroxyl groups is 1. The highest BCUT2D eigenvalue weighted by atomic mass is 16.3. The average molecular weight is 411 g/mol. The highest BCUT2D eigenvalue weighted by Crippen LogP contribution is 2.12. The molecule has 6 N–H and O–H groups in total. The number of anilines is 2. The van der Waals surface area contributed by atoms with Crippen LogP contribution in [-0.2, 0) is 11.3 Å². The van der Waals surface area contributed by atoms with Crippen molar-refractivity contribution < 1.29 is 14.7 Å². The Morgan fingerprint density at radius 2 is 2.03 bits per heavy atom. The van der Waals surface area contributed by atoms with E-state index in [4.69, 9.17) is 5.73 Å². The predicted molar refractivity (Wildman–Crippen MR) is 110 cm³/mol. The Balaban J connectivity index is 1.62. The number of H-pyrrole nitrogens is 1. The summed E-state index contributed by atoms with van der Waals surface area (Å²) in [7, 11) is 0. The summed E-state index contributed by atoms with van der Waals surface area (Å²) in [6.07, 6.45) is 2.89. The van der Waals surface area contributed by atoms with E-state index in [0.29, 0.717) is 24.2 Å². The molecule has 2 aromatic heterocycles. The second kappa shape index (κ2) is 9.56. The van der Waals surface area contributed by atoms with Gasteiger partial charge in [-0.05, 0) is 30.7 Å². The lowest BCUT2D eigenvalue weighted by Crippen LogP contribution is -2.37. The van der Waals surface area contributed by atoms with Crippen LogP contribution < -0.4 is 21.9 Å². The van der Waals surface area contributed by atoms with Gasteiger partial charge in [0.15, 0.2) is 11.2 Å². The summed E-state index contributed by atoms with van der Waals surface area (Å²) < 4.78 is 0. The minimum atomic E-state index is -0.472. The van der Waals surface area contributed by atoms with Crippen LogP contribution in [0.2, 0.25) is 0 Å². The van der Waals surface area contributed by atoms with Crippen molar-refractivity contribution in [2.75, 3.05) is 17.7 Å². The van der Waals surface area contributed by atoms with Gasteiger partial charge in [-0.3, -0.25) is 14.6 Å². The van der Waals surface area contributed by atoms with Gasteiger partial charge in [-0.25, -0.2) is 9.97 Å². The van der Waals surface area contributed by atoms with Gasteiger partial charge in [0, 0.05) is 17.7 Å². The van der Waals surface area contributed by atoms with Crippen molar-refractivity contribution in [3.05, 3.63) is 52.1 Å². The van der Waals surface area contributed by atoms with Crippen molar-refractivity contribution in [3.8, 4) is 0 Å². The molecule has 0 aliphatic carbocycles. The molecule has 1 aromatic carbocycles. The summed E-state index contributed by atoms with van der Waals surface area (Å²) in [6, 6.07) is 6.24. The monoisotopic (exact) mass is 411 g/mol. The number of benzene rings is 1. The number of amides is 1. The zero-order valence-corrected chi connectivity index (χ0v) is 16.0. The van der Waals surface area contributed by atoms with Crippen molar-refractivity contribution in [1.82, 2.24) is 25.3 Å². The van der Waals surface area contributed by atoms with Crippen LogP contribution in [0.1, 0.15) is 28.9 Å². The Labute approximate surface area is 170 Å². The average Bonchev–Trinajstić information content (AvgIpc) is 2.75. The van der Waals surface area contributed by atoms with Crippen molar-refractivity contribution in [2.45, 2.75) is 25.4 Å². The molecular weight excluding hydrogens is 390 g/mol. The molecule has 0 unspecified atom stereocenters. The Kier molecular flexibility index (Phi) is 6.65. The number of carbonyl (C=O) groups is 2. The molecule has 0 saturated carbocycles. The number of aromatic nitrogens is 4. The van der Waals surface area contributed by atoms with E-state index in [1.54, 1.807) is 24.3 Å². The maximum Gasteiger partial charge on any atom is 0.280 e. The zero-order valence-electron chi connectivity index (χ0n) is 16.0. The Morgan fingerprint density at radius 1 is 1.27 bits per heavy atom. The van der Waals surface area contributed by atoms with Gasteiger partial charge in [0.05, 0.1) is 31.1 Å². The fourth-order valence-electron chi connectivity index (χ4n) is 2.74. The Hall–Kier alpha value is -3.86. The molecule has 0 spiro atoms. The standard InChI is InChI=1S/C19H21N7O4/c20-19-25-16-15(18(30)26-19)23-14(9-22-16)8-21-12-5-3-11(4-6-12)17(29)24-13(10-28)2-1-7-27/h3-7,9,13,21,28H,1-2,8,10H2,(H,24,29)(H3,20,22,25,26,30)/t13-/m0/s1. The number of nitrogen functional groups attached to an aromatic ring is 1. The van der Waals surface area contributed by atoms with Gasteiger partial charge in [0.1, 0.15) is 6.29 Å². The first-order valence-electron chi connectivity index (χ1n) is 9.21. The lowest BCUT2D eigenvalue weighted by atomic mass is 10.1. The number of hydrogen-bond donors (Lipinski definition) is 5. The second-order valence-electron chi connectivity index (χ2n) is 6.51. The van der Waals surface area contributed by atoms with Gasteiger partial charge < -0.3 is 26.3 Å². The topological polar surface area (TPSA) is 176 Å². The van der Waals surface area contributed by atoms with Crippen LogP contribution in [-0.4, -0.2) is 49.9 Å². The van der Waals surface area contributed by atoms with E-state index >= 15 is 0 Å². The summed E-state index contributed by atoms with van der Waals surface area (Å²) in [5.41, 5.74) is 6.98. The van der Waals surface area contributed by atoms with Crippen LogP contribution in [0, 0.1) is 0 Å². The summed E-state index contributed by atoms with van der Waals surface area (Å²) in [4.78, 5) is 49.3. The molecule has 30 heavy (non-hydrogen) atoms. The third-order valence-electron chi connectivity index (χ3n) is 4.30. The van der Waals surface area contributed by atoms with E-state index in [1.807, 2.05) is 0 Å². The Morgan fingerprint density at radius 3 is 2.73 bits per heavy atom. The molecule has 0 aliphatic heterocycles. The van der Waals surface area contributed by atoms with Crippen LogP contribution in [0.15, 0.2) is 35.3 Å². The maximum atomic E-state index is 12.3. The molecule has 0 aliphatic rings. The van der Waals surface area contributed by atoms with E-state index in [2.05, 4.69) is 30.6 Å². The van der Waals surface area contributed by atoms with Crippen molar-refractivity contribution in [3.63, 3.8) is 0 Å². The maximum absolute atomic E-state index is 12.3. The van der Waals surface area contributed by atoms with Gasteiger partial charge in [0.25, 0.3) is 11.5 Å². The van der Waals surface area contributed by atoms with E-state index in [9.17, 15) is 19.5 Å². The second-order valence-corrected chi connectivity index (χ2v) is 6.51. The summed E-state index contributed by atoms with van der Waals surface area (Å²) in [5, 5.41) is 15.1. The quantitative estimate of drug-likeness (QED) is 0.303.